The molecule has 0 atom stereocenters. The number of hydrogen-bond donors (Lipinski definition) is 3. The van der Waals surface area contributed by atoms with Gasteiger partial charge in [0.2, 0.25) is 0 Å². The highest BCUT2D eigenvalue weighted by Gasteiger charge is 2.05. The van der Waals surface area contributed by atoms with E-state index in [9.17, 15) is 13.5 Å². The van der Waals surface area contributed by atoms with Gasteiger partial charge in [0.25, 0.3) is 11.0 Å². The Labute approximate surface area is 99.8 Å². The third-order valence-electron chi connectivity index (χ3n) is 2.33. The first kappa shape index (κ1) is 11.7. The highest BCUT2D eigenvalue weighted by Crippen LogP contribution is 2.31. The second-order valence-corrected chi connectivity index (χ2v) is 4.06. The topological polar surface area (TPSA) is 75.6 Å². The predicted octanol–water partition coefficient (Wildman–Crippen LogP) is 1.46. The summed E-state index contributed by atoms with van der Waals surface area (Å²) in [4.78, 5) is 0. The van der Waals surface area contributed by atoms with Gasteiger partial charge in [0.15, 0.2) is 0 Å². The fourth-order valence-electron chi connectivity index (χ4n) is 1.60. The first-order valence-electron chi connectivity index (χ1n) is 4.90. The molecule has 2 aromatic carbocycles. The molecule has 0 heterocycles. The van der Waals surface area contributed by atoms with Crippen molar-refractivity contribution in [2.75, 3.05) is 12.0 Å². The van der Waals surface area contributed by atoms with E-state index >= 15 is 0 Å². The van der Waals surface area contributed by atoms with E-state index in [1.165, 1.54) is 0 Å². The summed E-state index contributed by atoms with van der Waals surface area (Å²) in [5, 5.41) is 14.2. The molecule has 0 saturated heterocycles. The van der Waals surface area contributed by atoms with Crippen LogP contribution in [0.15, 0.2) is 36.4 Å². The van der Waals surface area contributed by atoms with Gasteiger partial charge in [-0.25, -0.2) is 8.42 Å². The van der Waals surface area contributed by atoms with Crippen molar-refractivity contribution in [1.82, 2.24) is 0 Å². The van der Waals surface area contributed by atoms with Crippen molar-refractivity contribution in [3.63, 3.8) is 0 Å². The van der Waals surface area contributed by atoms with Gasteiger partial charge < -0.3 is 10.4 Å². The van der Waals surface area contributed by atoms with E-state index in [1.54, 1.807) is 12.1 Å². The summed E-state index contributed by atoms with van der Waals surface area (Å²) in [6, 6.07) is 10.8. The van der Waals surface area contributed by atoms with Gasteiger partial charge in [-0.05, 0) is 11.5 Å². The lowest BCUT2D eigenvalue weighted by Crippen LogP contribution is -2.05. The van der Waals surface area contributed by atoms with E-state index in [2.05, 4.69) is 9.50 Å². The number of rotatable bonds is 4. The minimum atomic E-state index is -2.89. The molecule has 6 heteroatoms. The van der Waals surface area contributed by atoms with Crippen LogP contribution in [0.2, 0.25) is 0 Å². The van der Waals surface area contributed by atoms with Gasteiger partial charge in [-0.3, -0.25) is 4.18 Å². The quantitative estimate of drug-likeness (QED) is 0.437. The number of benzene rings is 2. The van der Waals surface area contributed by atoms with Gasteiger partial charge in [0, 0.05) is 5.39 Å². The summed E-state index contributed by atoms with van der Waals surface area (Å²) in [5.41, 5.74) is 0.458. The molecule has 2 aromatic rings. The zero-order valence-electron chi connectivity index (χ0n) is 8.79. The predicted molar refractivity (Wildman–Crippen MR) is 65.5 cm³/mol. The van der Waals surface area contributed by atoms with E-state index in [-0.39, 0.29) is 12.5 Å². The van der Waals surface area contributed by atoms with Crippen LogP contribution in [0.4, 0.5) is 5.69 Å². The summed E-state index contributed by atoms with van der Waals surface area (Å²) in [6.45, 7) is -0.208. The minimum absolute atomic E-state index is 0.0495. The Morgan fingerprint density at radius 3 is 2.71 bits per heavy atom. The molecule has 0 saturated carbocycles. The molecule has 0 radical (unpaired) electrons. The standard InChI is InChI=1S/C11H11NO4S/c13-10-6-5-8-3-1-2-4-9(8)11(10)12-7-16-17(14)15/h1-6,12-13,17H,7H2. The number of nitrogens with one attached hydrogen (secondary N) is 1. The van der Waals surface area contributed by atoms with Crippen molar-refractivity contribution in [1.29, 1.82) is 0 Å². The number of thiol groups is 1. The van der Waals surface area contributed by atoms with Crippen LogP contribution in [0, 0.1) is 0 Å². The van der Waals surface area contributed by atoms with Crippen LogP contribution in [0.25, 0.3) is 10.8 Å². The second kappa shape index (κ2) is 5.03. The Bertz CT molecular complexity index is 601. The highest BCUT2D eigenvalue weighted by molar-refractivity contribution is 7.67. The molecule has 2 rings (SSSR count). The average molecular weight is 253 g/mol. The second-order valence-electron chi connectivity index (χ2n) is 3.35. The Balaban J connectivity index is 2.34. The maximum Gasteiger partial charge on any atom is 0.258 e. The highest BCUT2D eigenvalue weighted by atomic mass is 32.2. The smallest absolute Gasteiger partial charge is 0.258 e. The van der Waals surface area contributed by atoms with Crippen molar-refractivity contribution in [2.24, 2.45) is 0 Å². The van der Waals surface area contributed by atoms with E-state index in [4.69, 9.17) is 0 Å². The van der Waals surface area contributed by atoms with Crippen LogP contribution in [-0.2, 0) is 15.2 Å². The first-order valence-corrected chi connectivity index (χ1v) is 6.00. The van der Waals surface area contributed by atoms with E-state index in [1.807, 2.05) is 24.3 Å². The monoisotopic (exact) mass is 253 g/mol. The van der Waals surface area contributed by atoms with Crippen LogP contribution in [0.5, 0.6) is 5.75 Å². The number of aromatic hydroxyl groups is 1. The zero-order valence-corrected chi connectivity index (χ0v) is 9.68. The Morgan fingerprint density at radius 1 is 1.18 bits per heavy atom. The number of phenols is 1. The molecule has 0 aromatic heterocycles. The van der Waals surface area contributed by atoms with Crippen molar-refractivity contribution in [3.8, 4) is 5.75 Å². The average Bonchev–Trinajstić information content (AvgIpc) is 2.32. The molecule has 0 amide bonds. The maximum atomic E-state index is 10.3. The summed E-state index contributed by atoms with van der Waals surface area (Å²) < 4.78 is 24.9. The molecule has 0 spiro atoms. The van der Waals surface area contributed by atoms with Gasteiger partial charge in [0.05, 0.1) is 5.69 Å². The summed E-state index contributed by atoms with van der Waals surface area (Å²) in [5.74, 6) is 0.0495. The Morgan fingerprint density at radius 2 is 1.94 bits per heavy atom. The lowest BCUT2D eigenvalue weighted by molar-refractivity contribution is 0.359. The van der Waals surface area contributed by atoms with Crippen LogP contribution < -0.4 is 5.32 Å². The maximum absolute atomic E-state index is 10.3. The molecule has 2 N–H and O–H groups in total. The number of fused-ring (bicyclic) bond motifs is 1. The zero-order chi connectivity index (χ0) is 12.3. The normalized spacial score (nSPS) is 10.9. The largest absolute Gasteiger partial charge is 0.506 e. The van der Waals surface area contributed by atoms with Gasteiger partial charge in [-0.15, -0.1) is 0 Å². The molecular weight excluding hydrogens is 242 g/mol. The van der Waals surface area contributed by atoms with Gasteiger partial charge in [0.1, 0.15) is 12.5 Å². The fraction of sp³-hybridized carbons (Fsp3) is 0.0909. The third-order valence-corrected chi connectivity index (χ3v) is 2.67. The van der Waals surface area contributed by atoms with Crippen LogP contribution in [0.1, 0.15) is 0 Å². The van der Waals surface area contributed by atoms with Crippen LogP contribution in [0.3, 0.4) is 0 Å². The number of hydrogen-bond acceptors (Lipinski definition) is 5. The van der Waals surface area contributed by atoms with E-state index in [0.717, 1.165) is 10.8 Å². The Kier molecular flexibility index (Phi) is 3.46. The van der Waals surface area contributed by atoms with E-state index < -0.39 is 11.0 Å². The Hall–Kier alpha value is -1.79. The van der Waals surface area contributed by atoms with Gasteiger partial charge >= 0.3 is 0 Å². The van der Waals surface area contributed by atoms with Crippen molar-refractivity contribution < 1.29 is 17.7 Å². The summed E-state index contributed by atoms with van der Waals surface area (Å²) >= 11 is 0. The van der Waals surface area contributed by atoms with Crippen LogP contribution in [-0.4, -0.2) is 20.3 Å². The van der Waals surface area contributed by atoms with E-state index in [0.29, 0.717) is 5.69 Å². The van der Waals surface area contributed by atoms with Crippen molar-refractivity contribution in [2.45, 2.75) is 0 Å². The van der Waals surface area contributed by atoms with Gasteiger partial charge in [-0.2, -0.15) is 0 Å². The van der Waals surface area contributed by atoms with Gasteiger partial charge in [-0.1, -0.05) is 30.3 Å². The number of anilines is 1. The lowest BCUT2D eigenvalue weighted by Gasteiger charge is -2.10. The molecule has 0 bridgehead atoms. The fourth-order valence-corrected chi connectivity index (χ4v) is 1.77. The minimum Gasteiger partial charge on any atom is -0.506 e. The molecule has 0 aliphatic heterocycles. The molecule has 0 aliphatic carbocycles. The SMILES string of the molecule is O=[SH](=O)OCNc1c(O)ccc2ccccc12. The molecule has 5 nitrogen and oxygen atoms in total. The number of phenolic OH excluding ortho intramolecular Hbond substituents is 1. The summed E-state index contributed by atoms with van der Waals surface area (Å²) in [6.07, 6.45) is 0. The molecule has 0 unspecified atom stereocenters. The molecule has 90 valence electrons. The van der Waals surface area contributed by atoms with Crippen molar-refractivity contribution in [3.05, 3.63) is 36.4 Å². The third kappa shape index (κ3) is 2.66. The van der Waals surface area contributed by atoms with Crippen LogP contribution >= 0.6 is 0 Å². The molecular formula is C11H11NO4S. The molecule has 0 aliphatic rings. The van der Waals surface area contributed by atoms with Crippen molar-refractivity contribution >= 4 is 27.4 Å². The molecule has 17 heavy (non-hydrogen) atoms. The first-order chi connectivity index (χ1) is 8.18. The molecule has 0 fully saturated rings. The lowest BCUT2D eigenvalue weighted by atomic mass is 10.1. The summed E-state index contributed by atoms with van der Waals surface area (Å²) in [7, 11) is -2.89.